The van der Waals surface area contributed by atoms with Crippen molar-refractivity contribution in [1.82, 2.24) is 29.5 Å². The summed E-state index contributed by atoms with van der Waals surface area (Å²) in [5, 5.41) is 10.5. The molecule has 3 aromatic rings. The Morgan fingerprint density at radius 3 is 2.59 bits per heavy atom. The van der Waals surface area contributed by atoms with Crippen LogP contribution in [0, 0.1) is 0 Å². The van der Waals surface area contributed by atoms with Gasteiger partial charge in [0.05, 0.1) is 10.4 Å². The number of hydrogen-bond acceptors (Lipinski definition) is 6. The van der Waals surface area contributed by atoms with Gasteiger partial charge in [-0.25, -0.2) is 13.5 Å². The number of carbonyl (C=O) groups is 1. The molecule has 178 valence electrons. The van der Waals surface area contributed by atoms with E-state index in [1.807, 2.05) is 34.6 Å². The molecule has 3 N–H and O–H groups in total. The van der Waals surface area contributed by atoms with Crippen LogP contribution in [0.25, 0.3) is 11.0 Å². The number of nitrogens with zero attached hydrogens (tertiary/aromatic N) is 4. The zero-order chi connectivity index (χ0) is 23.1. The second-order valence-corrected chi connectivity index (χ2v) is 10.9. The molecule has 1 unspecified atom stereocenters. The second-order valence-electron chi connectivity index (χ2n) is 9.38. The molecule has 0 bridgehead atoms. The van der Waals surface area contributed by atoms with Crippen LogP contribution in [0.2, 0.25) is 0 Å². The molecule has 2 fully saturated rings. The van der Waals surface area contributed by atoms with Crippen LogP contribution in [-0.4, -0.2) is 61.7 Å². The summed E-state index contributed by atoms with van der Waals surface area (Å²) in [6, 6.07) is 9.50. The Morgan fingerprint density at radius 1 is 1.06 bits per heavy atom. The van der Waals surface area contributed by atoms with Gasteiger partial charge in [0.25, 0.3) is 5.91 Å². The van der Waals surface area contributed by atoms with Crippen molar-refractivity contribution in [3.8, 4) is 0 Å². The number of amides is 1. The lowest BCUT2D eigenvalue weighted by molar-refractivity contribution is 0.0833. The predicted octanol–water partition coefficient (Wildman–Crippen LogP) is 2.51. The van der Waals surface area contributed by atoms with Crippen molar-refractivity contribution in [2.75, 3.05) is 38.0 Å². The molecule has 6 rings (SSSR count). The summed E-state index contributed by atoms with van der Waals surface area (Å²) in [6.07, 6.45) is 7.43. The molecule has 0 radical (unpaired) electrons. The summed E-state index contributed by atoms with van der Waals surface area (Å²) >= 11 is 0. The fourth-order valence-corrected chi connectivity index (χ4v) is 6.65. The highest BCUT2D eigenvalue weighted by atomic mass is 32.2. The Bertz CT molecular complexity index is 1240. The lowest BCUT2D eigenvalue weighted by Crippen LogP contribution is -2.52. The molecule has 1 aliphatic carbocycles. The van der Waals surface area contributed by atoms with Crippen LogP contribution < -0.4 is 16.0 Å². The summed E-state index contributed by atoms with van der Waals surface area (Å²) in [7, 11) is -1.16. The lowest BCUT2D eigenvalue weighted by Gasteiger charge is -2.42. The van der Waals surface area contributed by atoms with E-state index in [1.54, 1.807) is 6.20 Å². The van der Waals surface area contributed by atoms with Crippen LogP contribution in [0.5, 0.6) is 0 Å². The number of aromatic nitrogens is 3. The van der Waals surface area contributed by atoms with E-state index in [4.69, 9.17) is 4.98 Å². The molecule has 3 aliphatic rings. The first-order valence-corrected chi connectivity index (χ1v) is 13.2. The molecule has 1 saturated heterocycles. The number of rotatable bonds is 4. The largest absolute Gasteiger partial charge is 0.348 e. The zero-order valence-electron chi connectivity index (χ0n) is 19.0. The Labute approximate surface area is 200 Å². The fourth-order valence-electron chi connectivity index (χ4n) is 5.46. The summed E-state index contributed by atoms with van der Waals surface area (Å²) < 4.78 is 17.0. The zero-order valence-corrected chi connectivity index (χ0v) is 19.9. The molecule has 2 aliphatic heterocycles. The van der Waals surface area contributed by atoms with Crippen LogP contribution in [0.3, 0.4) is 0 Å². The van der Waals surface area contributed by atoms with Crippen molar-refractivity contribution < 1.29 is 9.00 Å². The number of benzene rings is 1. The Balaban J connectivity index is 1.28. The average Bonchev–Trinajstić information content (AvgIpc) is 3.28. The van der Waals surface area contributed by atoms with Crippen molar-refractivity contribution in [1.29, 1.82) is 0 Å². The van der Waals surface area contributed by atoms with E-state index >= 15 is 0 Å². The number of fused-ring (bicyclic) bond motifs is 4. The van der Waals surface area contributed by atoms with Crippen molar-refractivity contribution in [2.24, 2.45) is 0 Å². The normalized spacial score (nSPS) is 21.2. The van der Waals surface area contributed by atoms with Gasteiger partial charge in [0.15, 0.2) is 0 Å². The maximum absolute atomic E-state index is 12.8. The minimum atomic E-state index is -1.16. The molecule has 10 heteroatoms. The van der Waals surface area contributed by atoms with Crippen molar-refractivity contribution >= 4 is 39.6 Å². The van der Waals surface area contributed by atoms with Crippen LogP contribution in [0.4, 0.5) is 11.6 Å². The molecule has 1 saturated carbocycles. The molecule has 1 aromatic carbocycles. The third kappa shape index (κ3) is 3.79. The quantitative estimate of drug-likeness (QED) is 0.531. The number of nitrogens with one attached hydrogen (secondary N) is 3. The molecule has 4 heterocycles. The van der Waals surface area contributed by atoms with Crippen molar-refractivity contribution in [2.45, 2.75) is 42.5 Å². The van der Waals surface area contributed by atoms with Crippen molar-refractivity contribution in [3.63, 3.8) is 0 Å². The Kier molecular flexibility index (Phi) is 5.59. The highest BCUT2D eigenvalue weighted by Crippen LogP contribution is 2.40. The number of anilines is 2. The fraction of sp³-hybridized carbons (Fsp3) is 0.458. The number of hydrogen-bond donors (Lipinski definition) is 3. The van der Waals surface area contributed by atoms with Crippen LogP contribution in [0.1, 0.15) is 42.6 Å². The maximum atomic E-state index is 12.8. The predicted molar refractivity (Wildman–Crippen MR) is 131 cm³/mol. The molecule has 2 aromatic heterocycles. The van der Waals surface area contributed by atoms with Gasteiger partial charge in [-0.3, -0.25) is 4.79 Å². The van der Waals surface area contributed by atoms with Crippen LogP contribution in [0.15, 0.2) is 41.4 Å². The Hall–Kier alpha value is -2.82. The Morgan fingerprint density at radius 2 is 1.82 bits per heavy atom. The van der Waals surface area contributed by atoms with Crippen LogP contribution in [-0.2, 0) is 16.5 Å². The van der Waals surface area contributed by atoms with E-state index in [2.05, 4.69) is 25.5 Å². The smallest absolute Gasteiger partial charge is 0.268 e. The van der Waals surface area contributed by atoms with E-state index in [9.17, 15) is 9.00 Å². The van der Waals surface area contributed by atoms with Gasteiger partial charge in [-0.15, -0.1) is 0 Å². The third-order valence-electron chi connectivity index (χ3n) is 7.23. The third-order valence-corrected chi connectivity index (χ3v) is 8.74. The summed E-state index contributed by atoms with van der Waals surface area (Å²) in [6.45, 7) is 3.93. The van der Waals surface area contributed by atoms with E-state index in [-0.39, 0.29) is 11.4 Å². The highest BCUT2D eigenvalue weighted by Gasteiger charge is 2.41. The SMILES string of the molecule is O=C1NCC2(CCCCC2)n2c1cc1cnc(Nc3ccc(S(=O)N4CCNCC4)cc3)nc12. The summed E-state index contributed by atoms with van der Waals surface area (Å²) in [5.74, 6) is 0.443. The first-order valence-electron chi connectivity index (χ1n) is 12.0. The first kappa shape index (κ1) is 21.7. The topological polar surface area (TPSA) is 104 Å². The lowest BCUT2D eigenvalue weighted by atomic mass is 9.80. The molecule has 1 atom stereocenters. The van der Waals surface area contributed by atoms with Crippen LogP contribution >= 0.6 is 0 Å². The molecular formula is C24H29N7O2S. The number of carbonyl (C=O) groups excluding carboxylic acids is 1. The van der Waals surface area contributed by atoms with Crippen molar-refractivity contribution in [3.05, 3.63) is 42.2 Å². The van der Waals surface area contributed by atoms with E-state index < -0.39 is 11.0 Å². The van der Waals surface area contributed by atoms with E-state index in [0.29, 0.717) is 18.2 Å². The molecule has 9 nitrogen and oxygen atoms in total. The van der Waals surface area contributed by atoms with E-state index in [1.165, 1.54) is 6.42 Å². The van der Waals surface area contributed by atoms with Gasteiger partial charge < -0.3 is 20.5 Å². The highest BCUT2D eigenvalue weighted by molar-refractivity contribution is 7.82. The maximum Gasteiger partial charge on any atom is 0.268 e. The van der Waals surface area contributed by atoms with E-state index in [0.717, 1.165) is 73.5 Å². The molecular weight excluding hydrogens is 450 g/mol. The number of piperazine rings is 1. The van der Waals surface area contributed by atoms with Gasteiger partial charge in [-0.1, -0.05) is 19.3 Å². The molecule has 1 spiro atoms. The monoisotopic (exact) mass is 479 g/mol. The van der Waals surface area contributed by atoms with Gasteiger partial charge in [-0.05, 0) is 43.2 Å². The van der Waals surface area contributed by atoms with Gasteiger partial charge in [0.1, 0.15) is 22.3 Å². The van der Waals surface area contributed by atoms with Gasteiger partial charge in [-0.2, -0.15) is 4.98 Å². The van der Waals surface area contributed by atoms with Gasteiger partial charge in [0, 0.05) is 50.0 Å². The molecule has 1 amide bonds. The minimum absolute atomic E-state index is 0.0446. The van der Waals surface area contributed by atoms with Gasteiger partial charge in [0.2, 0.25) is 5.95 Å². The molecule has 34 heavy (non-hydrogen) atoms. The minimum Gasteiger partial charge on any atom is -0.348 e. The van der Waals surface area contributed by atoms with Gasteiger partial charge >= 0.3 is 0 Å². The summed E-state index contributed by atoms with van der Waals surface area (Å²) in [4.78, 5) is 22.8. The average molecular weight is 480 g/mol. The first-order chi connectivity index (χ1) is 16.6. The second kappa shape index (κ2) is 8.75. The summed E-state index contributed by atoms with van der Waals surface area (Å²) in [5.41, 5.74) is 2.20. The standard InChI is InChI=1S/C24H29N7O2S/c32-22-20-14-17-15-26-23(29-21(17)31(20)24(16-27-22)8-2-1-3-9-24)28-18-4-6-19(7-5-18)34(33)30-12-10-25-11-13-30/h4-7,14-15,25H,1-3,8-13,16H2,(H,27,32)(H,26,28,29).